The molecule has 1 aromatic rings. The van der Waals surface area contributed by atoms with Gasteiger partial charge in [0.05, 0.1) is 6.54 Å². The topological polar surface area (TPSA) is 37.4 Å². The minimum atomic E-state index is -6.00. The van der Waals surface area contributed by atoms with Gasteiger partial charge in [-0.05, 0) is 11.6 Å². The van der Waals surface area contributed by atoms with E-state index in [1.165, 1.54) is 4.90 Å². The fourth-order valence-electron chi connectivity index (χ4n) is 1.36. The molecule has 0 N–H and O–H groups in total. The molecule has 0 bridgehead atoms. The number of nitrogens with zero attached hydrogens (tertiary/aromatic N) is 1. The van der Waals surface area contributed by atoms with E-state index in [0.29, 0.717) is 18.5 Å². The van der Waals surface area contributed by atoms with Crippen LogP contribution in [0.5, 0.6) is 0 Å². The van der Waals surface area contributed by atoms with Crippen molar-refractivity contribution in [2.24, 2.45) is 0 Å². The average Bonchev–Trinajstić information content (AvgIpc) is 2.70. The molecule has 19 heteroatoms. The van der Waals surface area contributed by atoms with Crippen molar-refractivity contribution in [2.75, 3.05) is 0 Å². The molecule has 1 heterocycles. The van der Waals surface area contributed by atoms with Gasteiger partial charge in [0, 0.05) is 5.56 Å². The molecule has 0 fully saturated rings. The molecule has 2 amide bonds. The molecule has 1 aliphatic heterocycles. The zero-order valence-corrected chi connectivity index (χ0v) is 15.6. The van der Waals surface area contributed by atoms with Crippen LogP contribution in [0.25, 0.3) is 0 Å². The third-order valence-corrected chi connectivity index (χ3v) is 1.98. The van der Waals surface area contributed by atoms with Crippen LogP contribution >= 0.6 is 0 Å². The van der Waals surface area contributed by atoms with Crippen LogP contribution in [0.2, 0.25) is 0 Å². The van der Waals surface area contributed by atoms with E-state index in [9.17, 15) is 61.4 Å². The Balaban J connectivity index is -0.000000158. The van der Waals surface area contributed by atoms with Crippen LogP contribution in [0.15, 0.2) is 24.3 Å². The fourth-order valence-corrected chi connectivity index (χ4v) is 1.36. The first-order chi connectivity index (χ1) is 11.8. The van der Waals surface area contributed by atoms with Gasteiger partial charge < -0.3 is 53.2 Å². The zero-order valence-electron chi connectivity index (χ0n) is 14.6. The first-order valence-corrected chi connectivity index (χ1v) is 6.29. The standard InChI is InChI=1S/C9H7NO2.3BF4.Na.H/c11-6-10-5-7-3-1-2-4-8(7)9(10)12;3*2-1(3,4)5;;/h1-4,6H,5H2;;;;;/q;3*-1;+1;-1. The molecule has 0 aliphatic carbocycles. The minimum Gasteiger partial charge on any atom is -1.00 e. The van der Waals surface area contributed by atoms with Gasteiger partial charge in [-0.1, -0.05) is 18.2 Å². The minimum absolute atomic E-state index is 0. The molecule has 0 spiro atoms. The van der Waals surface area contributed by atoms with Crippen molar-refractivity contribution in [3.05, 3.63) is 35.4 Å². The SMILES string of the molecule is F[B-](F)(F)F.F[B-](F)(F)F.F[B-](F)(F)F.O=CN1Cc2ccccc2C1=O.[H-].[Na+]. The number of carbonyl (C=O) groups excluding carboxylic acids is 2. The Morgan fingerprint density at radius 1 is 0.786 bits per heavy atom. The monoisotopic (exact) mass is 446 g/mol. The Morgan fingerprint density at radius 3 is 1.39 bits per heavy atom. The summed E-state index contributed by atoms with van der Waals surface area (Å²) in [5.41, 5.74) is 1.57. The van der Waals surface area contributed by atoms with Crippen LogP contribution in [0.1, 0.15) is 17.3 Å². The fraction of sp³-hybridized carbons (Fsp3) is 0.111. The maximum Gasteiger partial charge on any atom is 1.00 e. The summed E-state index contributed by atoms with van der Waals surface area (Å²) in [7, 11) is -18.0. The number of amides is 2. The van der Waals surface area contributed by atoms with E-state index < -0.39 is 21.8 Å². The summed E-state index contributed by atoms with van der Waals surface area (Å²) in [5, 5.41) is 0. The van der Waals surface area contributed by atoms with Gasteiger partial charge in [-0.2, -0.15) is 0 Å². The second kappa shape index (κ2) is 13.0. The molecular formula is C9H8B3F12NNaO2-3. The summed E-state index contributed by atoms with van der Waals surface area (Å²) < 4.78 is 117. The van der Waals surface area contributed by atoms with E-state index >= 15 is 0 Å². The summed E-state index contributed by atoms with van der Waals surface area (Å²) in [5.74, 6) is -0.194. The van der Waals surface area contributed by atoms with Crippen molar-refractivity contribution < 1.29 is 92.4 Å². The van der Waals surface area contributed by atoms with Crippen LogP contribution in [0.4, 0.5) is 51.8 Å². The Morgan fingerprint density at radius 2 is 1.11 bits per heavy atom. The second-order valence-corrected chi connectivity index (χ2v) is 4.18. The van der Waals surface area contributed by atoms with Crippen LogP contribution in [0, 0.1) is 0 Å². The maximum atomic E-state index is 11.3. The van der Waals surface area contributed by atoms with Gasteiger partial charge in [-0.15, -0.1) is 0 Å². The normalized spacial score (nSPS) is 12.7. The van der Waals surface area contributed by atoms with Crippen molar-refractivity contribution in [3.8, 4) is 0 Å². The first kappa shape index (κ1) is 31.4. The van der Waals surface area contributed by atoms with E-state index in [1.807, 2.05) is 12.1 Å². The predicted molar refractivity (Wildman–Crippen MR) is 74.0 cm³/mol. The molecule has 2 rings (SSSR count). The molecule has 0 saturated carbocycles. The number of carbonyl (C=O) groups is 2. The van der Waals surface area contributed by atoms with Gasteiger partial charge in [0.1, 0.15) is 0 Å². The van der Waals surface area contributed by atoms with Crippen LogP contribution in [-0.2, 0) is 11.3 Å². The molecule has 158 valence electrons. The molecule has 28 heavy (non-hydrogen) atoms. The molecule has 0 unspecified atom stereocenters. The molecule has 0 atom stereocenters. The van der Waals surface area contributed by atoms with E-state index in [1.54, 1.807) is 12.1 Å². The third-order valence-electron chi connectivity index (χ3n) is 1.98. The summed E-state index contributed by atoms with van der Waals surface area (Å²) in [6, 6.07) is 7.25. The number of halogens is 12. The number of hydrogen-bond acceptors (Lipinski definition) is 2. The van der Waals surface area contributed by atoms with Crippen molar-refractivity contribution in [1.29, 1.82) is 0 Å². The van der Waals surface area contributed by atoms with Gasteiger partial charge in [0.2, 0.25) is 6.41 Å². The molecule has 0 aromatic heterocycles. The van der Waals surface area contributed by atoms with Crippen molar-refractivity contribution in [2.45, 2.75) is 6.54 Å². The number of benzene rings is 1. The van der Waals surface area contributed by atoms with Crippen molar-refractivity contribution in [1.82, 2.24) is 4.90 Å². The smallest absolute Gasteiger partial charge is 1.00 e. The Kier molecular flexibility index (Phi) is 14.6. The number of hydrogen-bond donors (Lipinski definition) is 0. The summed E-state index contributed by atoms with van der Waals surface area (Å²) in [4.78, 5) is 22.9. The van der Waals surface area contributed by atoms with Crippen molar-refractivity contribution in [3.63, 3.8) is 0 Å². The molecule has 0 saturated heterocycles. The van der Waals surface area contributed by atoms with E-state index in [-0.39, 0.29) is 36.9 Å². The Hall–Kier alpha value is -1.29. The Labute approximate surface area is 173 Å². The zero-order chi connectivity index (χ0) is 22.1. The molecular weight excluding hydrogens is 438 g/mol. The number of rotatable bonds is 1. The van der Waals surface area contributed by atoms with E-state index in [4.69, 9.17) is 0 Å². The predicted octanol–water partition coefficient (Wildman–Crippen LogP) is 1.82. The molecule has 0 radical (unpaired) electrons. The second-order valence-electron chi connectivity index (χ2n) is 4.18. The molecule has 1 aromatic carbocycles. The molecule has 3 nitrogen and oxygen atoms in total. The summed E-state index contributed by atoms with van der Waals surface area (Å²) >= 11 is 0. The quantitative estimate of drug-likeness (QED) is 0.376. The van der Waals surface area contributed by atoms with E-state index in [0.717, 1.165) is 5.56 Å². The first-order valence-electron chi connectivity index (χ1n) is 6.29. The van der Waals surface area contributed by atoms with Gasteiger partial charge in [-0.25, -0.2) is 0 Å². The largest absolute Gasteiger partial charge is 1.00 e. The van der Waals surface area contributed by atoms with Gasteiger partial charge in [-0.3, -0.25) is 14.5 Å². The van der Waals surface area contributed by atoms with Crippen LogP contribution in [-0.4, -0.2) is 39.0 Å². The van der Waals surface area contributed by atoms with Crippen molar-refractivity contribution >= 4 is 34.1 Å². The Bertz CT molecular complexity index is 569. The van der Waals surface area contributed by atoms with Crippen LogP contribution < -0.4 is 29.6 Å². The number of fused-ring (bicyclic) bond motifs is 1. The van der Waals surface area contributed by atoms with Gasteiger partial charge in [0.15, 0.2) is 0 Å². The number of imide groups is 1. The average molecular weight is 446 g/mol. The van der Waals surface area contributed by atoms with Gasteiger partial charge in [0.25, 0.3) is 5.91 Å². The molecule has 1 aliphatic rings. The maximum absolute atomic E-state index is 11.3. The summed E-state index contributed by atoms with van der Waals surface area (Å²) in [6.07, 6.45) is 0.572. The van der Waals surface area contributed by atoms with Crippen LogP contribution in [0.3, 0.4) is 0 Å². The van der Waals surface area contributed by atoms with Gasteiger partial charge >= 0.3 is 51.3 Å². The van der Waals surface area contributed by atoms with E-state index in [2.05, 4.69) is 0 Å². The summed E-state index contributed by atoms with van der Waals surface area (Å²) in [6.45, 7) is 0.415. The third kappa shape index (κ3) is 24.7.